The fourth-order valence-corrected chi connectivity index (χ4v) is 1.57. The highest BCUT2D eigenvalue weighted by molar-refractivity contribution is 9.09. The van der Waals surface area contributed by atoms with Crippen LogP contribution in [0.3, 0.4) is 0 Å². The van der Waals surface area contributed by atoms with Gasteiger partial charge in [0.1, 0.15) is 0 Å². The summed E-state index contributed by atoms with van der Waals surface area (Å²) in [5.74, 6) is -0.222. The molecule has 0 aliphatic rings. The first-order chi connectivity index (χ1) is 7.09. The van der Waals surface area contributed by atoms with Crippen molar-refractivity contribution in [3.63, 3.8) is 0 Å². The largest absolute Gasteiger partial charge is 0.466 e. The molecule has 0 bridgehead atoms. The van der Waals surface area contributed by atoms with Crippen LogP contribution >= 0.6 is 15.9 Å². The second-order valence-corrected chi connectivity index (χ2v) is 4.82. The highest BCUT2D eigenvalue weighted by Crippen LogP contribution is 2.21. The van der Waals surface area contributed by atoms with Gasteiger partial charge in [-0.05, 0) is 18.1 Å². The number of alkyl halides is 1. The molecule has 0 amide bonds. The molecular formula is C12H15BrO2. The van der Waals surface area contributed by atoms with Crippen molar-refractivity contribution in [1.82, 2.24) is 0 Å². The number of rotatable bonds is 4. The normalized spacial score (nSPS) is 12.2. The third kappa shape index (κ3) is 4.47. The highest BCUT2D eigenvalue weighted by Gasteiger charge is 2.00. The molecule has 3 heteroatoms. The van der Waals surface area contributed by atoms with Crippen LogP contribution in [0.25, 0.3) is 0 Å². The molecule has 1 atom stereocenters. The average molecular weight is 271 g/mol. The van der Waals surface area contributed by atoms with Crippen molar-refractivity contribution in [2.24, 2.45) is 0 Å². The lowest BCUT2D eigenvalue weighted by Gasteiger charge is -2.06. The maximum atomic E-state index is 10.5. The van der Waals surface area contributed by atoms with Crippen LogP contribution in [-0.4, -0.2) is 12.6 Å². The molecule has 15 heavy (non-hydrogen) atoms. The molecule has 1 aromatic carbocycles. The van der Waals surface area contributed by atoms with E-state index in [0.717, 1.165) is 6.42 Å². The van der Waals surface area contributed by atoms with Gasteiger partial charge in [-0.3, -0.25) is 4.79 Å². The van der Waals surface area contributed by atoms with Crippen molar-refractivity contribution in [3.05, 3.63) is 35.4 Å². The van der Waals surface area contributed by atoms with Gasteiger partial charge in [-0.25, -0.2) is 0 Å². The number of carbonyl (C=O) groups is 1. The van der Waals surface area contributed by atoms with E-state index in [1.807, 2.05) is 0 Å². The zero-order valence-electron chi connectivity index (χ0n) is 9.00. The number of halogens is 1. The first kappa shape index (κ1) is 12.2. The maximum Gasteiger partial charge on any atom is 0.302 e. The minimum atomic E-state index is -0.222. The van der Waals surface area contributed by atoms with Gasteiger partial charge >= 0.3 is 5.97 Å². The number of hydrogen-bond acceptors (Lipinski definition) is 2. The minimum Gasteiger partial charge on any atom is -0.466 e. The lowest BCUT2D eigenvalue weighted by Crippen LogP contribution is -2.03. The van der Waals surface area contributed by atoms with E-state index in [1.54, 1.807) is 0 Å². The van der Waals surface area contributed by atoms with E-state index in [1.165, 1.54) is 18.1 Å². The van der Waals surface area contributed by atoms with Gasteiger partial charge in [0.15, 0.2) is 0 Å². The van der Waals surface area contributed by atoms with E-state index in [2.05, 4.69) is 47.1 Å². The van der Waals surface area contributed by atoms with E-state index < -0.39 is 0 Å². The molecule has 0 N–H and O–H groups in total. The fourth-order valence-electron chi connectivity index (χ4n) is 1.26. The van der Waals surface area contributed by atoms with Crippen molar-refractivity contribution in [3.8, 4) is 0 Å². The van der Waals surface area contributed by atoms with Crippen LogP contribution in [0, 0.1) is 0 Å². The predicted molar refractivity (Wildman–Crippen MR) is 64.1 cm³/mol. The Morgan fingerprint density at radius 3 is 2.47 bits per heavy atom. The van der Waals surface area contributed by atoms with Gasteiger partial charge in [0.2, 0.25) is 0 Å². The summed E-state index contributed by atoms with van der Waals surface area (Å²) in [4.78, 5) is 10.9. The molecule has 0 spiro atoms. The van der Waals surface area contributed by atoms with Crippen molar-refractivity contribution in [2.75, 3.05) is 6.61 Å². The topological polar surface area (TPSA) is 26.3 Å². The molecule has 0 fully saturated rings. The van der Waals surface area contributed by atoms with Gasteiger partial charge in [0.05, 0.1) is 6.61 Å². The maximum absolute atomic E-state index is 10.5. The minimum absolute atomic E-state index is 0.222. The summed E-state index contributed by atoms with van der Waals surface area (Å²) < 4.78 is 4.88. The Hall–Kier alpha value is -0.830. The second-order valence-electron chi connectivity index (χ2n) is 3.45. The van der Waals surface area contributed by atoms with Crippen LogP contribution in [0.2, 0.25) is 0 Å². The smallest absolute Gasteiger partial charge is 0.302 e. The van der Waals surface area contributed by atoms with Crippen LogP contribution in [0.15, 0.2) is 24.3 Å². The first-order valence-electron chi connectivity index (χ1n) is 4.96. The zero-order valence-corrected chi connectivity index (χ0v) is 10.6. The summed E-state index contributed by atoms with van der Waals surface area (Å²) in [7, 11) is 0. The number of carbonyl (C=O) groups excluding carboxylic acids is 1. The SMILES string of the molecule is CC(=O)OCCc1ccc(C(C)Br)cc1. The zero-order chi connectivity index (χ0) is 11.3. The van der Waals surface area contributed by atoms with Gasteiger partial charge in [-0.15, -0.1) is 0 Å². The Morgan fingerprint density at radius 2 is 2.00 bits per heavy atom. The quantitative estimate of drug-likeness (QED) is 0.620. The molecule has 1 unspecified atom stereocenters. The predicted octanol–water partition coefficient (Wildman–Crippen LogP) is 3.25. The molecule has 0 aliphatic heterocycles. The molecule has 82 valence electrons. The van der Waals surface area contributed by atoms with Gasteiger partial charge < -0.3 is 4.74 Å². The van der Waals surface area contributed by atoms with Gasteiger partial charge in [0, 0.05) is 18.2 Å². The summed E-state index contributed by atoms with van der Waals surface area (Å²) in [6, 6.07) is 8.30. The molecule has 0 aromatic heterocycles. The molecule has 1 aromatic rings. The van der Waals surface area contributed by atoms with Crippen LogP contribution in [0.5, 0.6) is 0 Å². The molecule has 2 nitrogen and oxygen atoms in total. The molecular weight excluding hydrogens is 256 g/mol. The monoisotopic (exact) mass is 270 g/mol. The van der Waals surface area contributed by atoms with Crippen molar-refractivity contribution >= 4 is 21.9 Å². The summed E-state index contributed by atoms with van der Waals surface area (Å²) in [6.07, 6.45) is 0.774. The van der Waals surface area contributed by atoms with Crippen LogP contribution < -0.4 is 0 Å². The van der Waals surface area contributed by atoms with Crippen LogP contribution in [0.4, 0.5) is 0 Å². The molecule has 1 rings (SSSR count). The Bertz CT molecular complexity index is 317. The van der Waals surface area contributed by atoms with E-state index in [0.29, 0.717) is 11.4 Å². The van der Waals surface area contributed by atoms with Crippen molar-refractivity contribution in [1.29, 1.82) is 0 Å². The Morgan fingerprint density at radius 1 is 1.40 bits per heavy atom. The van der Waals surface area contributed by atoms with Crippen LogP contribution in [0.1, 0.15) is 29.8 Å². The molecule has 0 radical (unpaired) electrons. The summed E-state index contributed by atoms with van der Waals surface area (Å²) in [6.45, 7) is 3.97. The second kappa shape index (κ2) is 5.91. The summed E-state index contributed by atoms with van der Waals surface area (Å²) in [5, 5.41) is 0. The van der Waals surface area contributed by atoms with E-state index in [9.17, 15) is 4.79 Å². The first-order valence-corrected chi connectivity index (χ1v) is 5.87. The van der Waals surface area contributed by atoms with Gasteiger partial charge in [0.25, 0.3) is 0 Å². The number of hydrogen-bond donors (Lipinski definition) is 0. The third-order valence-corrected chi connectivity index (χ3v) is 2.66. The Balaban J connectivity index is 2.46. The highest BCUT2D eigenvalue weighted by atomic mass is 79.9. The lowest BCUT2D eigenvalue weighted by molar-refractivity contribution is -0.140. The third-order valence-electron chi connectivity index (χ3n) is 2.14. The van der Waals surface area contributed by atoms with E-state index in [4.69, 9.17) is 4.74 Å². The standard InChI is InChI=1S/C12H15BrO2/c1-9(13)12-5-3-11(4-6-12)7-8-15-10(2)14/h3-6,9H,7-8H2,1-2H3. The number of esters is 1. The average Bonchev–Trinajstić information content (AvgIpc) is 2.18. The lowest BCUT2D eigenvalue weighted by atomic mass is 10.1. The van der Waals surface area contributed by atoms with Crippen molar-refractivity contribution < 1.29 is 9.53 Å². The Kier molecular flexibility index (Phi) is 4.82. The van der Waals surface area contributed by atoms with Gasteiger partial charge in [-0.1, -0.05) is 40.2 Å². The van der Waals surface area contributed by atoms with Crippen molar-refractivity contribution in [2.45, 2.75) is 25.1 Å². The van der Waals surface area contributed by atoms with E-state index >= 15 is 0 Å². The Labute approximate surface area is 98.8 Å². The molecule has 0 saturated heterocycles. The molecule has 0 aliphatic carbocycles. The molecule has 0 heterocycles. The van der Waals surface area contributed by atoms with E-state index in [-0.39, 0.29) is 5.97 Å². The molecule has 0 saturated carbocycles. The van der Waals surface area contributed by atoms with Gasteiger partial charge in [-0.2, -0.15) is 0 Å². The summed E-state index contributed by atoms with van der Waals surface area (Å²) in [5.41, 5.74) is 2.44. The fraction of sp³-hybridized carbons (Fsp3) is 0.417. The summed E-state index contributed by atoms with van der Waals surface area (Å²) >= 11 is 3.51. The van der Waals surface area contributed by atoms with Crippen LogP contribution in [-0.2, 0) is 16.0 Å². The number of benzene rings is 1. The number of ether oxygens (including phenoxy) is 1.